The lowest BCUT2D eigenvalue weighted by molar-refractivity contribution is 0.597. The molecule has 106 valence electrons. The van der Waals surface area contributed by atoms with E-state index < -0.39 is 0 Å². The van der Waals surface area contributed by atoms with Crippen LogP contribution in [-0.4, -0.2) is 6.54 Å². The van der Waals surface area contributed by atoms with Gasteiger partial charge in [-0.2, -0.15) is 0 Å². The fourth-order valence-corrected chi connectivity index (χ4v) is 3.65. The Balaban J connectivity index is 2.03. The molecule has 0 amide bonds. The van der Waals surface area contributed by atoms with Gasteiger partial charge in [-0.05, 0) is 42.8 Å². The van der Waals surface area contributed by atoms with Crippen molar-refractivity contribution in [2.45, 2.75) is 30.5 Å². The predicted octanol–water partition coefficient (Wildman–Crippen LogP) is 5.41. The SMILES string of the molecule is CCNC(C)c1cccc(SCc2ccccc2Br)c1. The van der Waals surface area contributed by atoms with Crippen molar-refractivity contribution in [3.05, 3.63) is 64.1 Å². The smallest absolute Gasteiger partial charge is 0.0292 e. The van der Waals surface area contributed by atoms with Crippen LogP contribution in [0.1, 0.15) is 31.0 Å². The molecule has 20 heavy (non-hydrogen) atoms. The fraction of sp³-hybridized carbons (Fsp3) is 0.294. The second-order valence-corrected chi connectivity index (χ2v) is 6.64. The molecule has 1 atom stereocenters. The summed E-state index contributed by atoms with van der Waals surface area (Å²) < 4.78 is 1.18. The molecule has 2 aromatic rings. The topological polar surface area (TPSA) is 12.0 Å². The summed E-state index contributed by atoms with van der Waals surface area (Å²) in [4.78, 5) is 1.32. The van der Waals surface area contributed by atoms with E-state index in [4.69, 9.17) is 0 Å². The van der Waals surface area contributed by atoms with Crippen molar-refractivity contribution in [1.29, 1.82) is 0 Å². The number of hydrogen-bond acceptors (Lipinski definition) is 2. The number of halogens is 1. The van der Waals surface area contributed by atoms with Crippen LogP contribution in [0.4, 0.5) is 0 Å². The van der Waals surface area contributed by atoms with Crippen LogP contribution in [-0.2, 0) is 5.75 Å². The van der Waals surface area contributed by atoms with E-state index in [2.05, 4.69) is 83.6 Å². The number of benzene rings is 2. The number of hydrogen-bond donors (Lipinski definition) is 1. The van der Waals surface area contributed by atoms with E-state index in [-0.39, 0.29) is 0 Å². The highest BCUT2D eigenvalue weighted by atomic mass is 79.9. The zero-order chi connectivity index (χ0) is 14.4. The molecule has 0 aromatic heterocycles. The largest absolute Gasteiger partial charge is 0.310 e. The number of thioether (sulfide) groups is 1. The van der Waals surface area contributed by atoms with Crippen LogP contribution < -0.4 is 5.32 Å². The molecule has 1 nitrogen and oxygen atoms in total. The third kappa shape index (κ3) is 4.37. The Morgan fingerprint density at radius 1 is 1.15 bits per heavy atom. The summed E-state index contributed by atoms with van der Waals surface area (Å²) in [5.41, 5.74) is 2.69. The van der Waals surface area contributed by atoms with Crippen molar-refractivity contribution < 1.29 is 0 Å². The summed E-state index contributed by atoms with van der Waals surface area (Å²) in [6.45, 7) is 5.35. The van der Waals surface area contributed by atoms with Gasteiger partial charge in [-0.3, -0.25) is 0 Å². The molecule has 0 saturated heterocycles. The zero-order valence-corrected chi connectivity index (χ0v) is 14.3. The van der Waals surface area contributed by atoms with Crippen LogP contribution in [0.15, 0.2) is 57.9 Å². The van der Waals surface area contributed by atoms with Crippen molar-refractivity contribution in [1.82, 2.24) is 5.32 Å². The Bertz CT molecular complexity index is 556. The molecule has 0 spiro atoms. The molecule has 0 bridgehead atoms. The van der Waals surface area contributed by atoms with Crippen LogP contribution >= 0.6 is 27.7 Å². The third-order valence-corrected chi connectivity index (χ3v) is 5.04. The normalized spacial score (nSPS) is 12.3. The van der Waals surface area contributed by atoms with Crippen LogP contribution in [0, 0.1) is 0 Å². The van der Waals surface area contributed by atoms with E-state index >= 15 is 0 Å². The highest BCUT2D eigenvalue weighted by Gasteiger charge is 2.05. The molecular formula is C17H20BrNS. The number of nitrogens with one attached hydrogen (secondary N) is 1. The average molecular weight is 350 g/mol. The molecule has 0 aliphatic carbocycles. The molecule has 1 N–H and O–H groups in total. The molecule has 0 aliphatic rings. The van der Waals surface area contributed by atoms with Gasteiger partial charge in [-0.1, -0.05) is 53.2 Å². The zero-order valence-electron chi connectivity index (χ0n) is 11.9. The minimum absolute atomic E-state index is 0.406. The molecule has 0 fully saturated rings. The quantitative estimate of drug-likeness (QED) is 0.699. The Kier molecular flexibility index (Phi) is 6.14. The molecular weight excluding hydrogens is 330 g/mol. The van der Waals surface area contributed by atoms with Gasteiger partial charge in [-0.15, -0.1) is 11.8 Å². The lowest BCUT2D eigenvalue weighted by Gasteiger charge is -2.13. The maximum atomic E-state index is 3.60. The summed E-state index contributed by atoms with van der Waals surface area (Å²) in [7, 11) is 0. The predicted molar refractivity (Wildman–Crippen MR) is 92.2 cm³/mol. The van der Waals surface area contributed by atoms with Crippen LogP contribution in [0.3, 0.4) is 0 Å². The van der Waals surface area contributed by atoms with Crippen LogP contribution in [0.2, 0.25) is 0 Å². The Hall–Kier alpha value is -0.770. The second-order valence-electron chi connectivity index (χ2n) is 4.73. The first-order valence-electron chi connectivity index (χ1n) is 6.90. The minimum atomic E-state index is 0.406. The molecule has 1 unspecified atom stereocenters. The Morgan fingerprint density at radius 2 is 1.95 bits per heavy atom. The monoisotopic (exact) mass is 349 g/mol. The lowest BCUT2D eigenvalue weighted by Crippen LogP contribution is -2.17. The minimum Gasteiger partial charge on any atom is -0.310 e. The highest BCUT2D eigenvalue weighted by Crippen LogP contribution is 2.28. The third-order valence-electron chi connectivity index (χ3n) is 3.22. The first-order chi connectivity index (χ1) is 9.70. The maximum absolute atomic E-state index is 3.60. The maximum Gasteiger partial charge on any atom is 0.0292 e. The summed E-state index contributed by atoms with van der Waals surface area (Å²) in [5.74, 6) is 0.987. The van der Waals surface area contributed by atoms with Crippen molar-refractivity contribution in [2.75, 3.05) is 6.54 Å². The summed E-state index contributed by atoms with van der Waals surface area (Å²) in [6, 6.07) is 17.6. The van der Waals surface area contributed by atoms with E-state index in [1.807, 2.05) is 11.8 Å². The van der Waals surface area contributed by atoms with E-state index in [0.717, 1.165) is 12.3 Å². The van der Waals surface area contributed by atoms with Gasteiger partial charge < -0.3 is 5.32 Å². The van der Waals surface area contributed by atoms with Crippen LogP contribution in [0.25, 0.3) is 0 Å². The molecule has 0 aliphatic heterocycles. The Morgan fingerprint density at radius 3 is 2.70 bits per heavy atom. The average Bonchev–Trinajstić information content (AvgIpc) is 2.47. The molecule has 0 radical (unpaired) electrons. The van der Waals surface area contributed by atoms with Crippen molar-refractivity contribution in [3.8, 4) is 0 Å². The summed E-state index contributed by atoms with van der Waals surface area (Å²) >= 11 is 5.48. The van der Waals surface area contributed by atoms with Gasteiger partial charge in [0.05, 0.1) is 0 Å². The first kappa shape index (κ1) is 15.6. The summed E-state index contributed by atoms with van der Waals surface area (Å²) in [6.07, 6.45) is 0. The van der Waals surface area contributed by atoms with E-state index in [0.29, 0.717) is 6.04 Å². The number of rotatable bonds is 6. The fourth-order valence-electron chi connectivity index (χ4n) is 2.07. The van der Waals surface area contributed by atoms with Crippen LogP contribution in [0.5, 0.6) is 0 Å². The highest BCUT2D eigenvalue weighted by molar-refractivity contribution is 9.10. The van der Waals surface area contributed by atoms with Crippen molar-refractivity contribution in [3.63, 3.8) is 0 Å². The molecule has 0 saturated carbocycles. The van der Waals surface area contributed by atoms with Gasteiger partial charge >= 0.3 is 0 Å². The molecule has 3 heteroatoms. The van der Waals surface area contributed by atoms with Gasteiger partial charge in [0, 0.05) is 21.2 Å². The van der Waals surface area contributed by atoms with E-state index in [9.17, 15) is 0 Å². The van der Waals surface area contributed by atoms with E-state index in [1.54, 1.807) is 0 Å². The van der Waals surface area contributed by atoms with Gasteiger partial charge in [0.15, 0.2) is 0 Å². The summed E-state index contributed by atoms with van der Waals surface area (Å²) in [5, 5.41) is 3.46. The standard InChI is InChI=1S/C17H20BrNS/c1-3-19-13(2)14-8-6-9-16(11-14)20-12-15-7-4-5-10-17(15)18/h4-11,13,19H,3,12H2,1-2H3. The van der Waals surface area contributed by atoms with Gasteiger partial charge in [0.25, 0.3) is 0 Å². The van der Waals surface area contributed by atoms with Crippen molar-refractivity contribution >= 4 is 27.7 Å². The Labute approximate surface area is 134 Å². The molecule has 2 aromatic carbocycles. The molecule has 2 rings (SSSR count). The van der Waals surface area contributed by atoms with Crippen molar-refractivity contribution in [2.24, 2.45) is 0 Å². The second kappa shape index (κ2) is 7.87. The molecule has 0 heterocycles. The van der Waals surface area contributed by atoms with Gasteiger partial charge in [0.1, 0.15) is 0 Å². The van der Waals surface area contributed by atoms with E-state index in [1.165, 1.54) is 20.5 Å². The van der Waals surface area contributed by atoms with Gasteiger partial charge in [0.2, 0.25) is 0 Å². The first-order valence-corrected chi connectivity index (χ1v) is 8.68. The lowest BCUT2D eigenvalue weighted by atomic mass is 10.1. The van der Waals surface area contributed by atoms with Gasteiger partial charge in [-0.25, -0.2) is 0 Å².